The molecule has 0 fully saturated rings. The minimum absolute atomic E-state index is 0.480. The maximum atomic E-state index is 5.98. The maximum absolute atomic E-state index is 5.98. The van der Waals surface area contributed by atoms with E-state index in [1.807, 2.05) is 55.5 Å². The lowest BCUT2D eigenvalue weighted by molar-refractivity contribution is 0.131. The van der Waals surface area contributed by atoms with Crippen molar-refractivity contribution < 1.29 is 9.15 Å². The standard InChI is InChI=1S/C18H16BrNO2/c1-2-21-12-14-10-13-11-15(19)8-9-17(13)22-18(14)20-16-6-4-3-5-7-16/h3-11H,2,12H2,1H3. The smallest absolute Gasteiger partial charge is 0.225 e. The maximum Gasteiger partial charge on any atom is 0.225 e. The van der Waals surface area contributed by atoms with Gasteiger partial charge < -0.3 is 9.15 Å². The van der Waals surface area contributed by atoms with E-state index in [4.69, 9.17) is 9.15 Å². The van der Waals surface area contributed by atoms with Crippen LogP contribution in [0.2, 0.25) is 0 Å². The second-order valence-electron chi connectivity index (χ2n) is 4.84. The molecule has 0 bridgehead atoms. The fourth-order valence-corrected chi connectivity index (χ4v) is 2.55. The van der Waals surface area contributed by atoms with Gasteiger partial charge in [-0.05, 0) is 43.3 Å². The summed E-state index contributed by atoms with van der Waals surface area (Å²) in [5, 5.41) is 1.02. The number of rotatable bonds is 4. The van der Waals surface area contributed by atoms with Crippen LogP contribution in [0.3, 0.4) is 0 Å². The monoisotopic (exact) mass is 357 g/mol. The first-order valence-electron chi connectivity index (χ1n) is 7.16. The van der Waals surface area contributed by atoms with Gasteiger partial charge in [-0.25, -0.2) is 4.99 Å². The molecule has 0 saturated carbocycles. The van der Waals surface area contributed by atoms with E-state index in [9.17, 15) is 0 Å². The molecule has 0 aliphatic rings. The fraction of sp³-hybridized carbons (Fsp3) is 0.167. The van der Waals surface area contributed by atoms with Crippen molar-refractivity contribution >= 4 is 32.6 Å². The van der Waals surface area contributed by atoms with Crippen LogP contribution < -0.4 is 5.55 Å². The molecule has 0 radical (unpaired) electrons. The predicted molar refractivity (Wildman–Crippen MR) is 90.9 cm³/mol. The molecule has 0 aliphatic carbocycles. The van der Waals surface area contributed by atoms with Gasteiger partial charge in [0.05, 0.1) is 12.3 Å². The van der Waals surface area contributed by atoms with Crippen LogP contribution in [0.4, 0.5) is 5.69 Å². The lowest BCUT2D eigenvalue weighted by Gasteiger charge is -2.05. The van der Waals surface area contributed by atoms with Crippen LogP contribution in [0.25, 0.3) is 11.0 Å². The summed E-state index contributed by atoms with van der Waals surface area (Å²) < 4.78 is 12.5. The molecular formula is C18H16BrNO2. The molecule has 1 heterocycles. The number of halogens is 1. The van der Waals surface area contributed by atoms with Gasteiger partial charge in [-0.15, -0.1) is 0 Å². The van der Waals surface area contributed by atoms with E-state index in [1.54, 1.807) is 0 Å². The van der Waals surface area contributed by atoms with E-state index in [-0.39, 0.29) is 0 Å². The summed E-state index contributed by atoms with van der Waals surface area (Å²) in [5.74, 6) is 0. The normalized spacial score (nSPS) is 12.0. The summed E-state index contributed by atoms with van der Waals surface area (Å²) in [4.78, 5) is 4.61. The highest BCUT2D eigenvalue weighted by Gasteiger charge is 2.05. The minimum Gasteiger partial charge on any atom is -0.438 e. The number of fused-ring (bicyclic) bond motifs is 1. The lowest BCUT2D eigenvalue weighted by Crippen LogP contribution is -2.10. The molecule has 4 heteroatoms. The molecule has 0 saturated heterocycles. The van der Waals surface area contributed by atoms with Crippen molar-refractivity contribution in [3.05, 3.63) is 70.2 Å². The quantitative estimate of drug-likeness (QED) is 0.660. The third-order valence-corrected chi connectivity index (χ3v) is 3.72. The second-order valence-corrected chi connectivity index (χ2v) is 5.76. The largest absolute Gasteiger partial charge is 0.438 e. The number of ether oxygens (including phenoxy) is 1. The first-order valence-corrected chi connectivity index (χ1v) is 7.95. The van der Waals surface area contributed by atoms with E-state index >= 15 is 0 Å². The molecule has 0 N–H and O–H groups in total. The Morgan fingerprint density at radius 1 is 1.09 bits per heavy atom. The zero-order valence-electron chi connectivity index (χ0n) is 12.3. The highest BCUT2D eigenvalue weighted by atomic mass is 79.9. The summed E-state index contributed by atoms with van der Waals surface area (Å²) in [6, 6.07) is 17.8. The molecule has 2 aromatic carbocycles. The minimum atomic E-state index is 0.480. The summed E-state index contributed by atoms with van der Waals surface area (Å²) >= 11 is 3.49. The van der Waals surface area contributed by atoms with Crippen molar-refractivity contribution in [2.24, 2.45) is 4.99 Å². The van der Waals surface area contributed by atoms with E-state index < -0.39 is 0 Å². The van der Waals surface area contributed by atoms with Crippen LogP contribution in [0.1, 0.15) is 12.5 Å². The van der Waals surface area contributed by atoms with Crippen LogP contribution in [0, 0.1) is 0 Å². The Kier molecular flexibility index (Phi) is 4.71. The Hall–Kier alpha value is -1.91. The summed E-state index contributed by atoms with van der Waals surface area (Å²) in [6.07, 6.45) is 0. The van der Waals surface area contributed by atoms with Gasteiger partial charge in [0.25, 0.3) is 0 Å². The number of nitrogens with zero attached hydrogens (tertiary/aromatic N) is 1. The number of hydrogen-bond donors (Lipinski definition) is 0. The van der Waals surface area contributed by atoms with Crippen LogP contribution >= 0.6 is 15.9 Å². The average molecular weight is 358 g/mol. The van der Waals surface area contributed by atoms with E-state index in [1.165, 1.54) is 0 Å². The van der Waals surface area contributed by atoms with Gasteiger partial charge in [-0.1, -0.05) is 34.1 Å². The molecule has 3 aromatic rings. The Morgan fingerprint density at radius 3 is 2.68 bits per heavy atom. The zero-order chi connectivity index (χ0) is 15.4. The molecule has 0 aliphatic heterocycles. The number of hydrogen-bond acceptors (Lipinski definition) is 3. The molecule has 0 spiro atoms. The Bertz CT molecular complexity index is 841. The van der Waals surface area contributed by atoms with Gasteiger partial charge in [0.2, 0.25) is 5.55 Å². The van der Waals surface area contributed by atoms with Crippen molar-refractivity contribution in [3.8, 4) is 0 Å². The summed E-state index contributed by atoms with van der Waals surface area (Å²) in [7, 11) is 0. The first-order chi connectivity index (χ1) is 10.8. The number of benzene rings is 2. The van der Waals surface area contributed by atoms with E-state index in [0.717, 1.165) is 26.7 Å². The predicted octanol–water partition coefficient (Wildman–Crippen LogP) is 4.96. The second kappa shape index (κ2) is 6.90. The molecule has 0 amide bonds. The van der Waals surface area contributed by atoms with Crippen molar-refractivity contribution in [2.75, 3.05) is 6.61 Å². The lowest BCUT2D eigenvalue weighted by atomic mass is 10.2. The van der Waals surface area contributed by atoms with Crippen molar-refractivity contribution in [1.29, 1.82) is 0 Å². The highest BCUT2D eigenvalue weighted by molar-refractivity contribution is 9.10. The van der Waals surface area contributed by atoms with Gasteiger partial charge in [0.1, 0.15) is 5.58 Å². The third-order valence-electron chi connectivity index (χ3n) is 3.23. The van der Waals surface area contributed by atoms with Gasteiger partial charge in [-0.3, -0.25) is 0 Å². The molecule has 0 atom stereocenters. The van der Waals surface area contributed by atoms with Gasteiger partial charge in [-0.2, -0.15) is 0 Å². The molecule has 112 valence electrons. The summed E-state index contributed by atoms with van der Waals surface area (Å²) in [6.45, 7) is 3.11. The Labute approximate surface area is 137 Å². The van der Waals surface area contributed by atoms with Crippen molar-refractivity contribution in [1.82, 2.24) is 0 Å². The highest BCUT2D eigenvalue weighted by Crippen LogP contribution is 2.20. The first kappa shape index (κ1) is 15.0. The molecule has 1 aromatic heterocycles. The third kappa shape index (κ3) is 3.46. The SMILES string of the molecule is CCOCc1cc2cc(Br)ccc2oc1=Nc1ccccc1. The van der Waals surface area contributed by atoms with E-state index in [2.05, 4.69) is 27.0 Å². The molecule has 0 unspecified atom stereocenters. The average Bonchev–Trinajstić information content (AvgIpc) is 2.54. The molecule has 3 rings (SSSR count). The Balaban J connectivity index is 2.17. The number of para-hydroxylation sites is 1. The van der Waals surface area contributed by atoms with Crippen LogP contribution in [-0.4, -0.2) is 6.61 Å². The van der Waals surface area contributed by atoms with Crippen LogP contribution in [0.15, 0.2) is 68.5 Å². The van der Waals surface area contributed by atoms with Gasteiger partial charge >= 0.3 is 0 Å². The van der Waals surface area contributed by atoms with E-state index in [0.29, 0.717) is 18.8 Å². The van der Waals surface area contributed by atoms with Gasteiger partial charge in [0, 0.05) is 22.0 Å². The molecular weight excluding hydrogens is 342 g/mol. The fourth-order valence-electron chi connectivity index (χ4n) is 2.17. The van der Waals surface area contributed by atoms with Crippen molar-refractivity contribution in [3.63, 3.8) is 0 Å². The van der Waals surface area contributed by atoms with Gasteiger partial charge in [0.15, 0.2) is 0 Å². The van der Waals surface area contributed by atoms with Crippen LogP contribution in [-0.2, 0) is 11.3 Å². The summed E-state index contributed by atoms with van der Waals surface area (Å²) in [5.41, 5.74) is 3.20. The topological polar surface area (TPSA) is 34.7 Å². The zero-order valence-corrected chi connectivity index (χ0v) is 13.8. The van der Waals surface area contributed by atoms with Crippen molar-refractivity contribution in [2.45, 2.75) is 13.5 Å². The molecule has 3 nitrogen and oxygen atoms in total. The molecule has 22 heavy (non-hydrogen) atoms. The van der Waals surface area contributed by atoms with Crippen LogP contribution in [0.5, 0.6) is 0 Å². The Morgan fingerprint density at radius 2 is 1.91 bits per heavy atom.